The van der Waals surface area contributed by atoms with Gasteiger partial charge < -0.3 is 15.6 Å². The molecule has 0 rings (SSSR count). The number of aliphatic carboxylic acids is 1. The van der Waals surface area contributed by atoms with E-state index in [9.17, 15) is 9.59 Å². The number of carbonyl (C=O) groups excluding carboxylic acids is 1. The second-order valence-corrected chi connectivity index (χ2v) is 3.63. The number of rotatable bonds is 7. The predicted molar refractivity (Wildman–Crippen MR) is 64.7 cm³/mol. The molecule has 7 N–H and O–H groups in total. The van der Waals surface area contributed by atoms with Crippen molar-refractivity contribution in [3.05, 3.63) is 0 Å². The van der Waals surface area contributed by atoms with Gasteiger partial charge in [0.05, 0.1) is 20.3 Å². The van der Waals surface area contributed by atoms with Crippen molar-refractivity contribution in [2.24, 2.45) is 0 Å². The molecule has 0 aromatic heterocycles. The number of nitrogens with one attached hydrogen (secondary N) is 3. The SMILES string of the molecule is CCOC(=O)NC(NOC)=[NH+]CCC[C@H]([NH3+])C(=O)O. The van der Waals surface area contributed by atoms with E-state index in [-0.39, 0.29) is 12.6 Å². The molecule has 0 saturated heterocycles. The van der Waals surface area contributed by atoms with E-state index in [2.05, 4.69) is 26.4 Å². The summed E-state index contributed by atoms with van der Waals surface area (Å²) in [6.45, 7) is 2.40. The van der Waals surface area contributed by atoms with E-state index in [1.807, 2.05) is 0 Å². The van der Waals surface area contributed by atoms with E-state index in [0.29, 0.717) is 19.4 Å². The average molecular weight is 278 g/mol. The minimum absolute atomic E-state index is 0.233. The molecule has 0 unspecified atom stereocenters. The van der Waals surface area contributed by atoms with Gasteiger partial charge >= 0.3 is 18.0 Å². The van der Waals surface area contributed by atoms with Gasteiger partial charge in [-0.15, -0.1) is 5.48 Å². The lowest BCUT2D eigenvalue weighted by Gasteiger charge is -2.03. The molecule has 0 radical (unpaired) electrons. The van der Waals surface area contributed by atoms with Crippen molar-refractivity contribution in [2.45, 2.75) is 25.8 Å². The summed E-state index contributed by atoms with van der Waals surface area (Å²) in [7, 11) is 1.39. The summed E-state index contributed by atoms with van der Waals surface area (Å²) >= 11 is 0. The van der Waals surface area contributed by atoms with Crippen LogP contribution in [-0.4, -0.2) is 49.4 Å². The van der Waals surface area contributed by atoms with E-state index in [1.54, 1.807) is 6.92 Å². The smallest absolute Gasteiger partial charge is 0.476 e. The molecule has 0 saturated carbocycles. The third-order valence-corrected chi connectivity index (χ3v) is 2.09. The van der Waals surface area contributed by atoms with Crippen LogP contribution in [0.1, 0.15) is 19.8 Å². The maximum absolute atomic E-state index is 11.2. The monoisotopic (exact) mass is 278 g/mol. The molecular formula is C10H22N4O5+2. The zero-order chi connectivity index (χ0) is 14.7. The Balaban J connectivity index is 4.12. The van der Waals surface area contributed by atoms with Crippen LogP contribution < -0.4 is 21.5 Å². The molecule has 0 aliphatic rings. The van der Waals surface area contributed by atoms with Gasteiger partial charge in [-0.3, -0.25) is 4.99 Å². The minimum atomic E-state index is -0.927. The second kappa shape index (κ2) is 10.1. The molecule has 0 aliphatic carbocycles. The van der Waals surface area contributed by atoms with Crippen LogP contribution in [-0.2, 0) is 14.4 Å². The van der Waals surface area contributed by atoms with Crippen LogP contribution in [0.3, 0.4) is 0 Å². The molecule has 19 heavy (non-hydrogen) atoms. The maximum atomic E-state index is 11.2. The van der Waals surface area contributed by atoms with E-state index < -0.39 is 18.1 Å². The second-order valence-electron chi connectivity index (χ2n) is 3.63. The van der Waals surface area contributed by atoms with Crippen LogP contribution in [0.5, 0.6) is 0 Å². The van der Waals surface area contributed by atoms with Crippen molar-refractivity contribution < 1.29 is 35.0 Å². The number of amides is 1. The number of carbonyl (C=O) groups is 2. The minimum Gasteiger partial charge on any atom is -0.477 e. The van der Waals surface area contributed by atoms with Crippen LogP contribution in [0, 0.1) is 0 Å². The van der Waals surface area contributed by atoms with E-state index in [4.69, 9.17) is 9.84 Å². The van der Waals surface area contributed by atoms with E-state index in [0.717, 1.165) is 0 Å². The summed E-state index contributed by atoms with van der Waals surface area (Å²) in [6.07, 6.45) is 0.400. The molecule has 1 atom stereocenters. The lowest BCUT2D eigenvalue weighted by Crippen LogP contribution is -2.80. The molecule has 9 nitrogen and oxygen atoms in total. The van der Waals surface area contributed by atoms with Crippen molar-refractivity contribution in [2.75, 3.05) is 20.3 Å². The molecule has 110 valence electrons. The average Bonchev–Trinajstić information content (AvgIpc) is 2.34. The number of alkyl carbamates (subject to hydrolysis) is 1. The fraction of sp³-hybridized carbons (Fsp3) is 0.700. The van der Waals surface area contributed by atoms with E-state index >= 15 is 0 Å². The summed E-state index contributed by atoms with van der Waals surface area (Å²) in [4.78, 5) is 29.3. The van der Waals surface area contributed by atoms with Gasteiger partial charge in [0.1, 0.15) is 0 Å². The highest BCUT2D eigenvalue weighted by Gasteiger charge is 2.16. The van der Waals surface area contributed by atoms with Crippen molar-refractivity contribution in [3.8, 4) is 0 Å². The largest absolute Gasteiger partial charge is 0.477 e. The molecule has 9 heteroatoms. The van der Waals surface area contributed by atoms with Crippen LogP contribution in [0.2, 0.25) is 0 Å². The predicted octanol–water partition coefficient (Wildman–Crippen LogP) is -3.20. The van der Waals surface area contributed by atoms with Crippen LogP contribution in [0.15, 0.2) is 0 Å². The Bertz CT molecular complexity index is 321. The Morgan fingerprint density at radius 3 is 2.68 bits per heavy atom. The number of hydroxylamine groups is 1. The van der Waals surface area contributed by atoms with Crippen molar-refractivity contribution in [3.63, 3.8) is 0 Å². The van der Waals surface area contributed by atoms with Gasteiger partial charge in [0.15, 0.2) is 6.04 Å². The van der Waals surface area contributed by atoms with Gasteiger partial charge in [-0.1, -0.05) is 0 Å². The van der Waals surface area contributed by atoms with Crippen molar-refractivity contribution in [1.82, 2.24) is 10.8 Å². The van der Waals surface area contributed by atoms with Gasteiger partial charge in [-0.25, -0.2) is 14.4 Å². The summed E-state index contributed by atoms with van der Waals surface area (Å²) in [5, 5.41) is 11.1. The maximum Gasteiger partial charge on any atom is 0.476 e. The van der Waals surface area contributed by atoms with Gasteiger partial charge in [0.2, 0.25) is 0 Å². The lowest BCUT2D eigenvalue weighted by molar-refractivity contribution is -0.468. The van der Waals surface area contributed by atoms with Gasteiger partial charge in [0.25, 0.3) is 0 Å². The van der Waals surface area contributed by atoms with Crippen LogP contribution in [0.4, 0.5) is 4.79 Å². The third-order valence-electron chi connectivity index (χ3n) is 2.09. The Hall–Kier alpha value is -1.87. The number of guanidine groups is 1. The molecular weight excluding hydrogens is 256 g/mol. The van der Waals surface area contributed by atoms with Gasteiger partial charge in [-0.2, -0.15) is 5.32 Å². The van der Waals surface area contributed by atoms with Crippen LogP contribution >= 0.6 is 0 Å². The zero-order valence-electron chi connectivity index (χ0n) is 11.2. The number of carboxylic acid groups (broad SMARTS) is 1. The Morgan fingerprint density at radius 2 is 2.16 bits per heavy atom. The van der Waals surface area contributed by atoms with E-state index in [1.165, 1.54) is 7.11 Å². The quantitative estimate of drug-likeness (QED) is 0.144. The number of quaternary nitrogens is 1. The Morgan fingerprint density at radius 1 is 1.47 bits per heavy atom. The molecule has 0 bridgehead atoms. The highest BCUT2D eigenvalue weighted by atomic mass is 16.6. The Labute approximate surface area is 111 Å². The van der Waals surface area contributed by atoms with Crippen LogP contribution in [0.25, 0.3) is 0 Å². The third kappa shape index (κ3) is 8.80. The number of carboxylic acids is 1. The molecule has 0 aromatic rings. The first kappa shape index (κ1) is 17.1. The van der Waals surface area contributed by atoms with Gasteiger partial charge in [0, 0.05) is 6.42 Å². The number of ether oxygens (including phenoxy) is 1. The summed E-state index contributed by atoms with van der Waals surface area (Å²) < 4.78 is 4.70. The molecule has 1 amide bonds. The van der Waals surface area contributed by atoms with Crippen molar-refractivity contribution >= 4 is 18.0 Å². The normalized spacial score (nSPS) is 12.7. The molecule has 0 spiro atoms. The first-order valence-electron chi connectivity index (χ1n) is 5.90. The first-order chi connectivity index (χ1) is 9.01. The Kier molecular flexibility index (Phi) is 9.10. The summed E-state index contributed by atoms with van der Waals surface area (Å²) in [5.41, 5.74) is 5.94. The fourth-order valence-electron chi connectivity index (χ4n) is 1.16. The zero-order valence-corrected chi connectivity index (χ0v) is 11.2. The molecule has 0 heterocycles. The molecule has 0 fully saturated rings. The first-order valence-corrected chi connectivity index (χ1v) is 5.90. The topological polar surface area (TPSA) is 138 Å². The lowest BCUT2D eigenvalue weighted by atomic mass is 10.2. The van der Waals surface area contributed by atoms with Gasteiger partial charge in [-0.05, 0) is 13.3 Å². The highest BCUT2D eigenvalue weighted by molar-refractivity contribution is 5.90. The number of hydrogen-bond acceptors (Lipinski definition) is 4. The molecule has 0 aromatic carbocycles. The number of hydrogen-bond donors (Lipinski definition) is 5. The standard InChI is InChI=1S/C10H20N4O5/c1-3-19-10(17)13-9(14-18-2)12-6-4-5-7(11)8(15)16/h7H,3-6,11H2,1-2H3,(H,15,16)(H2,12,13,14,17)/p+2/t7-/m0/s1. The fourth-order valence-corrected chi connectivity index (χ4v) is 1.16. The van der Waals surface area contributed by atoms with Crippen molar-refractivity contribution in [1.29, 1.82) is 0 Å². The summed E-state index contributed by atoms with van der Waals surface area (Å²) in [6, 6.07) is -0.640. The highest BCUT2D eigenvalue weighted by Crippen LogP contribution is 1.88. The summed E-state index contributed by atoms with van der Waals surface area (Å²) in [5.74, 6) is -0.694. The molecule has 0 aliphatic heterocycles.